The number of nitrogens with one attached hydrogen (secondary N) is 2. The van der Waals surface area contributed by atoms with E-state index in [4.69, 9.17) is 5.26 Å². The molecule has 0 spiro atoms. The molecule has 0 saturated carbocycles. The van der Waals surface area contributed by atoms with E-state index < -0.39 is 0 Å². The van der Waals surface area contributed by atoms with Crippen LogP contribution >= 0.6 is 0 Å². The summed E-state index contributed by atoms with van der Waals surface area (Å²) in [5.74, 6) is 0. The highest BCUT2D eigenvalue weighted by Crippen LogP contribution is 2.18. The van der Waals surface area contributed by atoms with E-state index in [1.54, 1.807) is 6.07 Å². The van der Waals surface area contributed by atoms with Crippen molar-refractivity contribution in [3.05, 3.63) is 35.4 Å². The number of carbonyl (C=O) groups excluding carboxylic acids is 1. The van der Waals surface area contributed by atoms with Gasteiger partial charge in [0, 0.05) is 6.54 Å². The molecule has 2 rings (SSSR count). The lowest BCUT2D eigenvalue weighted by Gasteiger charge is -2.09. The number of hydrogen-bond acceptors (Lipinski definition) is 2. The van der Waals surface area contributed by atoms with Crippen LogP contribution in [0.1, 0.15) is 17.2 Å². The average molecular weight is 187 g/mol. The highest BCUT2D eigenvalue weighted by molar-refractivity contribution is 5.77. The highest BCUT2D eigenvalue weighted by Gasteiger charge is 2.23. The molecule has 0 radical (unpaired) electrons. The van der Waals surface area contributed by atoms with Crippen molar-refractivity contribution in [2.75, 3.05) is 6.54 Å². The molecule has 0 bridgehead atoms. The second-order valence-electron chi connectivity index (χ2n) is 3.11. The minimum Gasteiger partial charge on any atom is -0.336 e. The maximum Gasteiger partial charge on any atom is 0.315 e. The van der Waals surface area contributed by atoms with E-state index >= 15 is 0 Å². The van der Waals surface area contributed by atoms with E-state index in [0.717, 1.165) is 5.56 Å². The predicted octanol–water partition coefficient (Wildman–Crippen LogP) is 0.912. The van der Waals surface area contributed by atoms with Crippen LogP contribution in [0.2, 0.25) is 0 Å². The molecule has 2 amide bonds. The lowest BCUT2D eigenvalue weighted by Crippen LogP contribution is -2.22. The van der Waals surface area contributed by atoms with Crippen molar-refractivity contribution < 1.29 is 4.79 Å². The van der Waals surface area contributed by atoms with Crippen molar-refractivity contribution >= 4 is 6.03 Å². The Bertz CT molecular complexity index is 408. The summed E-state index contributed by atoms with van der Waals surface area (Å²) in [6, 6.07) is 9.13. The van der Waals surface area contributed by atoms with Crippen LogP contribution in [0.15, 0.2) is 24.3 Å². The quantitative estimate of drug-likeness (QED) is 0.686. The molecule has 4 nitrogen and oxygen atoms in total. The predicted molar refractivity (Wildman–Crippen MR) is 50.4 cm³/mol. The van der Waals surface area contributed by atoms with E-state index in [1.165, 1.54) is 0 Å². The van der Waals surface area contributed by atoms with Crippen molar-refractivity contribution in [1.29, 1.82) is 5.26 Å². The van der Waals surface area contributed by atoms with Crippen LogP contribution in [-0.4, -0.2) is 12.6 Å². The molecule has 1 aromatic rings. The molecule has 0 aliphatic carbocycles. The van der Waals surface area contributed by atoms with Crippen LogP contribution in [0.5, 0.6) is 0 Å². The fourth-order valence-corrected chi connectivity index (χ4v) is 1.55. The summed E-state index contributed by atoms with van der Waals surface area (Å²) in [6.45, 7) is 0.539. The van der Waals surface area contributed by atoms with E-state index in [-0.39, 0.29) is 12.1 Å². The fraction of sp³-hybridized carbons (Fsp3) is 0.200. The van der Waals surface area contributed by atoms with Gasteiger partial charge < -0.3 is 10.6 Å². The zero-order chi connectivity index (χ0) is 9.97. The molecule has 0 unspecified atom stereocenters. The lowest BCUT2D eigenvalue weighted by molar-refractivity contribution is 0.247. The second kappa shape index (κ2) is 3.38. The summed E-state index contributed by atoms with van der Waals surface area (Å²) >= 11 is 0. The minimum absolute atomic E-state index is 0.0849. The van der Waals surface area contributed by atoms with Gasteiger partial charge in [-0.15, -0.1) is 0 Å². The van der Waals surface area contributed by atoms with Crippen LogP contribution in [0.3, 0.4) is 0 Å². The number of rotatable bonds is 1. The molecular formula is C10H9N3O. The van der Waals surface area contributed by atoms with Gasteiger partial charge in [0.05, 0.1) is 17.7 Å². The molecule has 1 atom stereocenters. The number of benzene rings is 1. The summed E-state index contributed by atoms with van der Waals surface area (Å²) in [4.78, 5) is 10.9. The van der Waals surface area contributed by atoms with Gasteiger partial charge >= 0.3 is 6.03 Å². The largest absolute Gasteiger partial charge is 0.336 e. The Labute approximate surface area is 81.5 Å². The van der Waals surface area contributed by atoms with Gasteiger partial charge in [-0.05, 0) is 11.6 Å². The van der Waals surface area contributed by atoms with E-state index in [0.29, 0.717) is 12.1 Å². The van der Waals surface area contributed by atoms with E-state index in [1.807, 2.05) is 18.2 Å². The van der Waals surface area contributed by atoms with Gasteiger partial charge in [-0.1, -0.05) is 18.2 Å². The minimum atomic E-state index is -0.178. The first-order valence-corrected chi connectivity index (χ1v) is 4.34. The van der Waals surface area contributed by atoms with Gasteiger partial charge in [-0.2, -0.15) is 5.26 Å². The van der Waals surface area contributed by atoms with Crippen LogP contribution < -0.4 is 10.6 Å². The topological polar surface area (TPSA) is 64.9 Å². The van der Waals surface area contributed by atoms with Crippen LogP contribution in [-0.2, 0) is 0 Å². The fourth-order valence-electron chi connectivity index (χ4n) is 1.55. The number of amides is 2. The third-order valence-electron chi connectivity index (χ3n) is 2.23. The molecule has 14 heavy (non-hydrogen) atoms. The molecule has 4 heteroatoms. The number of nitriles is 1. The Kier molecular flexibility index (Phi) is 2.07. The first-order chi connectivity index (χ1) is 6.81. The van der Waals surface area contributed by atoms with E-state index in [9.17, 15) is 4.79 Å². The standard InChI is InChI=1S/C10H9N3O/c11-5-7-3-1-2-4-8(7)9-6-12-10(14)13-9/h1-4,9H,6H2,(H2,12,13,14)/t9-/m1/s1. The Morgan fingerprint density at radius 1 is 1.43 bits per heavy atom. The van der Waals surface area contributed by atoms with Crippen LogP contribution in [0, 0.1) is 11.3 Å². The van der Waals surface area contributed by atoms with Crippen LogP contribution in [0.25, 0.3) is 0 Å². The zero-order valence-corrected chi connectivity index (χ0v) is 7.45. The smallest absolute Gasteiger partial charge is 0.315 e. The summed E-state index contributed by atoms with van der Waals surface area (Å²) in [5, 5.41) is 14.3. The maximum absolute atomic E-state index is 10.9. The van der Waals surface area contributed by atoms with Crippen molar-refractivity contribution in [2.45, 2.75) is 6.04 Å². The molecule has 1 saturated heterocycles. The molecule has 2 N–H and O–H groups in total. The SMILES string of the molecule is N#Cc1ccccc1[C@H]1CNC(=O)N1. The average Bonchev–Trinajstić information content (AvgIpc) is 2.65. The second-order valence-corrected chi connectivity index (χ2v) is 3.11. The normalized spacial score (nSPS) is 19.6. The van der Waals surface area contributed by atoms with Gasteiger partial charge in [0.2, 0.25) is 0 Å². The molecule has 1 heterocycles. The third kappa shape index (κ3) is 1.40. The Morgan fingerprint density at radius 3 is 2.86 bits per heavy atom. The first kappa shape index (κ1) is 8.57. The molecule has 1 fully saturated rings. The summed E-state index contributed by atoms with van der Waals surface area (Å²) in [6.07, 6.45) is 0. The number of urea groups is 1. The Morgan fingerprint density at radius 2 is 2.21 bits per heavy atom. The summed E-state index contributed by atoms with van der Waals surface area (Å²) in [5.41, 5.74) is 1.48. The van der Waals surface area contributed by atoms with Gasteiger partial charge in [0.25, 0.3) is 0 Å². The monoisotopic (exact) mass is 187 g/mol. The van der Waals surface area contributed by atoms with Crippen molar-refractivity contribution in [3.63, 3.8) is 0 Å². The highest BCUT2D eigenvalue weighted by atomic mass is 16.2. The number of carbonyl (C=O) groups is 1. The van der Waals surface area contributed by atoms with Gasteiger partial charge in [-0.25, -0.2) is 4.79 Å². The molecule has 1 aliphatic heterocycles. The number of nitrogens with zero attached hydrogens (tertiary/aromatic N) is 1. The number of hydrogen-bond donors (Lipinski definition) is 2. The van der Waals surface area contributed by atoms with Crippen molar-refractivity contribution in [2.24, 2.45) is 0 Å². The van der Waals surface area contributed by atoms with Crippen molar-refractivity contribution in [1.82, 2.24) is 10.6 Å². The Hall–Kier alpha value is -2.02. The molecule has 70 valence electrons. The van der Waals surface area contributed by atoms with Gasteiger partial charge in [0.1, 0.15) is 0 Å². The zero-order valence-electron chi connectivity index (χ0n) is 7.45. The van der Waals surface area contributed by atoms with Crippen molar-refractivity contribution in [3.8, 4) is 6.07 Å². The molecule has 1 aliphatic rings. The Balaban J connectivity index is 2.33. The third-order valence-corrected chi connectivity index (χ3v) is 2.23. The molecular weight excluding hydrogens is 178 g/mol. The van der Waals surface area contributed by atoms with Crippen LogP contribution in [0.4, 0.5) is 4.79 Å². The first-order valence-electron chi connectivity index (χ1n) is 4.34. The van der Waals surface area contributed by atoms with E-state index in [2.05, 4.69) is 16.7 Å². The summed E-state index contributed by atoms with van der Waals surface area (Å²) in [7, 11) is 0. The molecule has 1 aromatic carbocycles. The molecule has 0 aromatic heterocycles. The summed E-state index contributed by atoms with van der Waals surface area (Å²) < 4.78 is 0. The van der Waals surface area contributed by atoms with Gasteiger partial charge in [0.15, 0.2) is 0 Å². The van der Waals surface area contributed by atoms with Gasteiger partial charge in [-0.3, -0.25) is 0 Å². The maximum atomic E-state index is 10.9. The lowest BCUT2D eigenvalue weighted by atomic mass is 10.0.